The number of rotatable bonds is 3. The zero-order valence-electron chi connectivity index (χ0n) is 12.5. The van der Waals surface area contributed by atoms with Gasteiger partial charge in [0, 0.05) is 0 Å². The van der Waals surface area contributed by atoms with E-state index in [1.165, 1.54) is 0 Å². The molecule has 1 fully saturated rings. The molecular weight excluding hydrogens is 280 g/mol. The topological polar surface area (TPSA) is 44.8 Å². The quantitative estimate of drug-likeness (QED) is 0.802. The molecule has 0 radical (unpaired) electrons. The maximum Gasteiger partial charge on any atom is 0.338 e. The van der Waals surface area contributed by atoms with Gasteiger partial charge in [-0.15, -0.1) is 0 Å². The summed E-state index contributed by atoms with van der Waals surface area (Å²) in [5.41, 5.74) is 2.65. The molecular formula is C18H18O4. The van der Waals surface area contributed by atoms with Crippen LogP contribution in [-0.2, 0) is 14.2 Å². The third-order valence-electron chi connectivity index (χ3n) is 3.50. The van der Waals surface area contributed by atoms with Crippen LogP contribution < -0.4 is 0 Å². The number of fused-ring (bicyclic) bond motifs is 1. The summed E-state index contributed by atoms with van der Waals surface area (Å²) in [5.74, 6) is 1.28. The molecule has 22 heavy (non-hydrogen) atoms. The van der Waals surface area contributed by atoms with Crippen LogP contribution in [0.2, 0.25) is 0 Å². The summed E-state index contributed by atoms with van der Waals surface area (Å²) in [6, 6.07) is 7.40. The smallest absolute Gasteiger partial charge is 0.338 e. The van der Waals surface area contributed by atoms with Crippen molar-refractivity contribution < 1.29 is 19.0 Å². The molecule has 3 rings (SSSR count). The van der Waals surface area contributed by atoms with Gasteiger partial charge < -0.3 is 14.2 Å². The molecule has 114 valence electrons. The highest BCUT2D eigenvalue weighted by Crippen LogP contribution is 2.28. The predicted octanol–water partition coefficient (Wildman–Crippen LogP) is 3.47. The molecule has 0 bridgehead atoms. The lowest BCUT2D eigenvalue weighted by Gasteiger charge is -2.20. The third-order valence-corrected chi connectivity index (χ3v) is 3.50. The van der Waals surface area contributed by atoms with Crippen molar-refractivity contribution in [2.24, 2.45) is 0 Å². The van der Waals surface area contributed by atoms with Gasteiger partial charge >= 0.3 is 5.97 Å². The average Bonchev–Trinajstić information content (AvgIpc) is 2.77. The molecule has 0 amide bonds. The first-order valence-electron chi connectivity index (χ1n) is 7.43. The van der Waals surface area contributed by atoms with Crippen LogP contribution in [0.1, 0.15) is 29.3 Å². The van der Waals surface area contributed by atoms with Crippen LogP contribution in [-0.4, -0.2) is 25.8 Å². The SMILES string of the molecule is CCOC(=O)c1ccc(C2=CCC=C3OCCOC3=C2)cc1. The van der Waals surface area contributed by atoms with E-state index in [9.17, 15) is 4.79 Å². The number of ether oxygens (including phenoxy) is 3. The number of benzene rings is 1. The zero-order valence-corrected chi connectivity index (χ0v) is 12.5. The van der Waals surface area contributed by atoms with Gasteiger partial charge in [-0.25, -0.2) is 4.79 Å². The highest BCUT2D eigenvalue weighted by molar-refractivity contribution is 5.90. The molecule has 0 N–H and O–H groups in total. The Balaban J connectivity index is 1.82. The maximum absolute atomic E-state index is 11.7. The number of carbonyl (C=O) groups is 1. The van der Waals surface area contributed by atoms with Crippen molar-refractivity contribution >= 4 is 11.5 Å². The molecule has 1 aliphatic heterocycles. The predicted molar refractivity (Wildman–Crippen MR) is 83.1 cm³/mol. The van der Waals surface area contributed by atoms with Crippen molar-refractivity contribution in [3.05, 3.63) is 65.1 Å². The van der Waals surface area contributed by atoms with E-state index in [1.807, 2.05) is 24.3 Å². The van der Waals surface area contributed by atoms with E-state index in [-0.39, 0.29) is 5.97 Å². The Kier molecular flexibility index (Phi) is 4.28. The summed E-state index contributed by atoms with van der Waals surface area (Å²) in [6.07, 6.45) is 6.90. The van der Waals surface area contributed by atoms with Crippen molar-refractivity contribution in [1.82, 2.24) is 0 Å². The highest BCUT2D eigenvalue weighted by atomic mass is 16.6. The van der Waals surface area contributed by atoms with Crippen LogP contribution in [0.15, 0.2) is 54.0 Å². The Hall–Kier alpha value is -2.49. The van der Waals surface area contributed by atoms with Crippen molar-refractivity contribution in [2.45, 2.75) is 13.3 Å². The lowest BCUT2D eigenvalue weighted by molar-refractivity contribution is 0.0526. The standard InChI is InChI=1S/C18H18O4/c1-2-20-18(19)14-8-6-13(7-9-14)15-4-3-5-16-17(12-15)22-11-10-21-16/h4-9,12H,2-3,10-11H2,1H3. The Labute approximate surface area is 129 Å². The fourth-order valence-electron chi connectivity index (χ4n) is 2.43. The summed E-state index contributed by atoms with van der Waals surface area (Å²) >= 11 is 0. The lowest BCUT2D eigenvalue weighted by atomic mass is 10.0. The van der Waals surface area contributed by atoms with Gasteiger partial charge in [-0.3, -0.25) is 0 Å². The third kappa shape index (κ3) is 3.06. The van der Waals surface area contributed by atoms with Crippen LogP contribution in [0.25, 0.3) is 5.57 Å². The van der Waals surface area contributed by atoms with E-state index in [0.717, 1.165) is 29.1 Å². The minimum atomic E-state index is -0.296. The van der Waals surface area contributed by atoms with Gasteiger partial charge in [-0.05, 0) is 48.8 Å². The van der Waals surface area contributed by atoms with Crippen molar-refractivity contribution in [3.8, 4) is 0 Å². The number of hydrogen-bond donors (Lipinski definition) is 0. The van der Waals surface area contributed by atoms with Gasteiger partial charge in [-0.2, -0.15) is 0 Å². The fourth-order valence-corrected chi connectivity index (χ4v) is 2.43. The first-order valence-corrected chi connectivity index (χ1v) is 7.43. The molecule has 0 unspecified atom stereocenters. The van der Waals surface area contributed by atoms with Gasteiger partial charge in [-0.1, -0.05) is 18.2 Å². The Morgan fingerprint density at radius 1 is 1.09 bits per heavy atom. The van der Waals surface area contributed by atoms with Crippen LogP contribution in [0.5, 0.6) is 0 Å². The molecule has 4 nitrogen and oxygen atoms in total. The minimum absolute atomic E-state index is 0.296. The van der Waals surface area contributed by atoms with Crippen LogP contribution >= 0.6 is 0 Å². The van der Waals surface area contributed by atoms with E-state index in [1.54, 1.807) is 19.1 Å². The largest absolute Gasteiger partial charge is 0.486 e. The van der Waals surface area contributed by atoms with E-state index in [4.69, 9.17) is 14.2 Å². The first kappa shape index (κ1) is 14.4. The molecule has 0 aromatic heterocycles. The van der Waals surface area contributed by atoms with Crippen molar-refractivity contribution in [3.63, 3.8) is 0 Å². The van der Waals surface area contributed by atoms with E-state index in [0.29, 0.717) is 25.4 Å². The second-order valence-electron chi connectivity index (χ2n) is 4.97. The Morgan fingerprint density at radius 3 is 2.55 bits per heavy atom. The summed E-state index contributed by atoms with van der Waals surface area (Å²) in [7, 11) is 0. The first-order chi connectivity index (χ1) is 10.8. The van der Waals surface area contributed by atoms with E-state index >= 15 is 0 Å². The maximum atomic E-state index is 11.7. The zero-order chi connectivity index (χ0) is 15.4. The van der Waals surface area contributed by atoms with Gasteiger partial charge in [0.25, 0.3) is 0 Å². The normalized spacial score (nSPS) is 16.9. The summed E-state index contributed by atoms with van der Waals surface area (Å²) < 4.78 is 16.3. The monoisotopic (exact) mass is 298 g/mol. The summed E-state index contributed by atoms with van der Waals surface area (Å²) in [4.78, 5) is 11.7. The van der Waals surface area contributed by atoms with E-state index in [2.05, 4.69) is 6.08 Å². The van der Waals surface area contributed by atoms with Crippen LogP contribution in [0.4, 0.5) is 0 Å². The average molecular weight is 298 g/mol. The molecule has 0 atom stereocenters. The van der Waals surface area contributed by atoms with Gasteiger partial charge in [0.2, 0.25) is 0 Å². The minimum Gasteiger partial charge on any atom is -0.486 e. The summed E-state index contributed by atoms with van der Waals surface area (Å²) in [6.45, 7) is 3.33. The number of hydrogen-bond acceptors (Lipinski definition) is 4. The van der Waals surface area contributed by atoms with Gasteiger partial charge in [0.1, 0.15) is 13.2 Å². The van der Waals surface area contributed by atoms with Crippen LogP contribution in [0.3, 0.4) is 0 Å². The molecule has 0 spiro atoms. The van der Waals surface area contributed by atoms with Crippen LogP contribution in [0, 0.1) is 0 Å². The molecule has 0 saturated carbocycles. The second kappa shape index (κ2) is 6.52. The number of allylic oxidation sites excluding steroid dienone is 4. The summed E-state index contributed by atoms with van der Waals surface area (Å²) in [5, 5.41) is 0. The molecule has 4 heteroatoms. The highest BCUT2D eigenvalue weighted by Gasteiger charge is 2.17. The Bertz CT molecular complexity index is 650. The van der Waals surface area contributed by atoms with Crippen molar-refractivity contribution in [2.75, 3.05) is 19.8 Å². The molecule has 1 aromatic rings. The van der Waals surface area contributed by atoms with Gasteiger partial charge in [0.15, 0.2) is 11.5 Å². The number of carbonyl (C=O) groups excluding carboxylic acids is 1. The molecule has 1 heterocycles. The fraction of sp³-hybridized carbons (Fsp3) is 0.278. The molecule has 2 aliphatic rings. The molecule has 1 aliphatic carbocycles. The Morgan fingerprint density at radius 2 is 1.82 bits per heavy atom. The molecule has 1 saturated heterocycles. The molecule has 1 aromatic carbocycles. The number of esters is 1. The van der Waals surface area contributed by atoms with E-state index < -0.39 is 0 Å². The second-order valence-corrected chi connectivity index (χ2v) is 4.97. The van der Waals surface area contributed by atoms with Crippen molar-refractivity contribution in [1.29, 1.82) is 0 Å². The van der Waals surface area contributed by atoms with Gasteiger partial charge in [0.05, 0.1) is 12.2 Å². The lowest BCUT2D eigenvalue weighted by Crippen LogP contribution is -2.13.